The van der Waals surface area contributed by atoms with E-state index in [4.69, 9.17) is 0 Å². The van der Waals surface area contributed by atoms with E-state index in [1.165, 1.54) is 0 Å². The van der Waals surface area contributed by atoms with Crippen LogP contribution in [-0.4, -0.2) is 11.0 Å². The van der Waals surface area contributed by atoms with Gasteiger partial charge in [-0.25, -0.2) is 0 Å². The summed E-state index contributed by atoms with van der Waals surface area (Å²) >= 11 is 0. The molecule has 0 atom stereocenters. The molecule has 0 aliphatic rings. The second-order valence-electron chi connectivity index (χ2n) is 1.15. The van der Waals surface area contributed by atoms with Gasteiger partial charge in [0.1, 0.15) is 0 Å². The van der Waals surface area contributed by atoms with Crippen molar-refractivity contribution in [2.75, 3.05) is 0 Å². The van der Waals surface area contributed by atoms with Gasteiger partial charge < -0.3 is 11.0 Å². The number of rotatable bonds is 0. The van der Waals surface area contributed by atoms with Crippen LogP contribution in [0.1, 0.15) is 0 Å². The summed E-state index contributed by atoms with van der Waals surface area (Å²) in [5.41, 5.74) is 0. The third kappa shape index (κ3) is 7.76. The maximum absolute atomic E-state index is 2.00. The van der Waals surface area contributed by atoms with E-state index in [0.29, 0.717) is 0 Å². The molecule has 0 saturated carbocycles. The van der Waals surface area contributed by atoms with Gasteiger partial charge in [0.15, 0.2) is 0 Å². The average Bonchev–Trinajstić information content (AvgIpc) is 1.72. The molecule has 0 aliphatic heterocycles. The molecule has 0 aromatic heterocycles. The Bertz CT molecular complexity index is 83.0. The maximum Gasteiger partial charge on any atom is 2.00 e. The minimum absolute atomic E-state index is 0. The molecular weight excluding hydrogens is 169 g/mol. The summed E-state index contributed by atoms with van der Waals surface area (Å²) in [6.07, 6.45) is 0. The van der Waals surface area contributed by atoms with Crippen molar-refractivity contribution in [1.29, 1.82) is 0 Å². The molecule has 0 amide bonds. The molecule has 1 rings (SSSR count). The molecule has 0 saturated heterocycles. The summed E-state index contributed by atoms with van der Waals surface area (Å²) in [7, 11) is 0. The first-order chi connectivity index (χ1) is 3.00. The topological polar surface area (TPSA) is 60.0 Å². The molecule has 9 heavy (non-hydrogen) atoms. The van der Waals surface area contributed by atoms with E-state index in [1.807, 2.05) is 36.4 Å². The van der Waals surface area contributed by atoms with Crippen molar-refractivity contribution in [1.82, 2.24) is 0 Å². The van der Waals surface area contributed by atoms with Crippen molar-refractivity contribution in [3.8, 4) is 0 Å². The Hall–Kier alpha value is -0.237. The summed E-state index contributed by atoms with van der Waals surface area (Å²) in [6, 6.07) is 12.0. The van der Waals surface area contributed by atoms with Crippen LogP contribution in [-0.2, 0) is 19.5 Å². The quantitative estimate of drug-likeness (QED) is 0.562. The second kappa shape index (κ2) is 10.7. The van der Waals surface area contributed by atoms with Gasteiger partial charge in [-0.05, 0) is 0 Å². The Labute approximate surface area is 67.3 Å². The predicted molar refractivity (Wildman–Crippen MR) is 30.3 cm³/mol. The Balaban J connectivity index is -0.000000120. The molecule has 1 aromatic rings. The molecule has 2 nitrogen and oxygen atoms in total. The van der Waals surface area contributed by atoms with Crippen molar-refractivity contribution in [3.05, 3.63) is 36.4 Å². The van der Waals surface area contributed by atoms with Crippen molar-refractivity contribution in [3.63, 3.8) is 0 Å². The molecule has 0 fully saturated rings. The van der Waals surface area contributed by atoms with Gasteiger partial charge in [-0.2, -0.15) is 0 Å². The zero-order valence-corrected chi connectivity index (χ0v) is 8.03. The molecule has 3 heteroatoms. The molecule has 46 valence electrons. The van der Waals surface area contributed by atoms with E-state index in [-0.39, 0.29) is 30.4 Å². The molecule has 0 bridgehead atoms. The average molecular weight is 178 g/mol. The molecular formula is C6H8O2Zn. The summed E-state index contributed by atoms with van der Waals surface area (Å²) in [5.74, 6) is 0. The third-order valence-corrected chi connectivity index (χ3v) is 0.667. The summed E-state index contributed by atoms with van der Waals surface area (Å²) in [5, 5.41) is 0. The maximum atomic E-state index is 2.00. The van der Waals surface area contributed by atoms with Crippen LogP contribution in [0.5, 0.6) is 0 Å². The van der Waals surface area contributed by atoms with Gasteiger partial charge in [-0.1, -0.05) is 36.4 Å². The fourth-order valence-corrected chi connectivity index (χ4v) is 0.385. The van der Waals surface area contributed by atoms with Gasteiger partial charge in [-0.3, -0.25) is 0 Å². The van der Waals surface area contributed by atoms with Crippen LogP contribution in [0.25, 0.3) is 0 Å². The van der Waals surface area contributed by atoms with E-state index in [9.17, 15) is 0 Å². The largest absolute Gasteiger partial charge is 2.00 e. The Morgan fingerprint density at radius 2 is 0.556 bits per heavy atom. The minimum Gasteiger partial charge on any atom is -0.870 e. The smallest absolute Gasteiger partial charge is 0.870 e. The van der Waals surface area contributed by atoms with Gasteiger partial charge in [0.25, 0.3) is 0 Å². The third-order valence-electron chi connectivity index (χ3n) is 0.667. The Kier molecular flexibility index (Phi) is 18.9. The van der Waals surface area contributed by atoms with Crippen LogP contribution in [0.3, 0.4) is 0 Å². The molecule has 1 aromatic carbocycles. The first kappa shape index (κ1) is 15.9. The van der Waals surface area contributed by atoms with Crippen molar-refractivity contribution < 1.29 is 30.4 Å². The fraction of sp³-hybridized carbons (Fsp3) is 0. The van der Waals surface area contributed by atoms with Gasteiger partial charge in [0, 0.05) is 0 Å². The van der Waals surface area contributed by atoms with Gasteiger partial charge in [-0.15, -0.1) is 0 Å². The van der Waals surface area contributed by atoms with Crippen molar-refractivity contribution in [2.45, 2.75) is 0 Å². The Morgan fingerprint density at radius 3 is 0.667 bits per heavy atom. The van der Waals surface area contributed by atoms with E-state index in [2.05, 4.69) is 0 Å². The van der Waals surface area contributed by atoms with E-state index < -0.39 is 0 Å². The molecule has 0 radical (unpaired) electrons. The second-order valence-corrected chi connectivity index (χ2v) is 1.15. The molecule has 0 spiro atoms. The first-order valence-electron chi connectivity index (χ1n) is 2.00. The monoisotopic (exact) mass is 176 g/mol. The van der Waals surface area contributed by atoms with Crippen LogP contribution < -0.4 is 0 Å². The van der Waals surface area contributed by atoms with Gasteiger partial charge in [0.05, 0.1) is 0 Å². The SMILES string of the molecule is [OH-].[OH-].[Zn+2].c1ccccc1. The number of hydrogen-bond donors (Lipinski definition) is 0. The molecule has 2 N–H and O–H groups in total. The summed E-state index contributed by atoms with van der Waals surface area (Å²) in [6.45, 7) is 0. The molecule has 0 unspecified atom stereocenters. The van der Waals surface area contributed by atoms with E-state index in [0.717, 1.165) is 0 Å². The molecule has 0 heterocycles. The minimum atomic E-state index is 0. The zero-order chi connectivity index (χ0) is 4.24. The fourth-order valence-electron chi connectivity index (χ4n) is 0.385. The number of benzene rings is 1. The first-order valence-corrected chi connectivity index (χ1v) is 2.00. The van der Waals surface area contributed by atoms with E-state index in [1.54, 1.807) is 0 Å². The Morgan fingerprint density at radius 1 is 0.444 bits per heavy atom. The summed E-state index contributed by atoms with van der Waals surface area (Å²) in [4.78, 5) is 0. The van der Waals surface area contributed by atoms with Crippen LogP contribution in [0.2, 0.25) is 0 Å². The van der Waals surface area contributed by atoms with Crippen molar-refractivity contribution >= 4 is 0 Å². The van der Waals surface area contributed by atoms with Crippen LogP contribution in [0, 0.1) is 0 Å². The van der Waals surface area contributed by atoms with E-state index >= 15 is 0 Å². The van der Waals surface area contributed by atoms with Crippen molar-refractivity contribution in [2.24, 2.45) is 0 Å². The summed E-state index contributed by atoms with van der Waals surface area (Å²) < 4.78 is 0. The van der Waals surface area contributed by atoms with Crippen LogP contribution in [0.4, 0.5) is 0 Å². The van der Waals surface area contributed by atoms with Gasteiger partial charge in [0.2, 0.25) is 0 Å². The molecule has 0 aliphatic carbocycles. The number of hydrogen-bond acceptors (Lipinski definition) is 2. The van der Waals surface area contributed by atoms with Crippen LogP contribution >= 0.6 is 0 Å². The van der Waals surface area contributed by atoms with Gasteiger partial charge >= 0.3 is 19.5 Å². The predicted octanol–water partition coefficient (Wildman–Crippen LogP) is 1.33. The van der Waals surface area contributed by atoms with Crippen LogP contribution in [0.15, 0.2) is 36.4 Å². The standard InChI is InChI=1S/C6H6.2H2O.Zn/c1-2-4-6-5-3-1;;;/h1-6H;2*1H2;/q;;;+2/p-2. The zero-order valence-electron chi connectivity index (χ0n) is 5.07. The normalized spacial score (nSPS) is 5.33.